The summed E-state index contributed by atoms with van der Waals surface area (Å²) >= 11 is 0. The molecule has 2 aliphatic heterocycles. The zero-order valence-corrected chi connectivity index (χ0v) is 15.7. The van der Waals surface area contributed by atoms with Gasteiger partial charge in [-0.25, -0.2) is 0 Å². The number of carbonyl (C=O) groups excluding carboxylic acids is 1. The van der Waals surface area contributed by atoms with Crippen LogP contribution in [0, 0.1) is 0 Å². The largest absolute Gasteiger partial charge is 0.360 e. The number of likely N-dealkylation sites (tertiary alicyclic amines) is 2. The Hall–Kier alpha value is -2.14. The lowest BCUT2D eigenvalue weighted by Crippen LogP contribution is -2.48. The fourth-order valence-electron chi connectivity index (χ4n) is 4.84. The Kier molecular flexibility index (Phi) is 4.48. The molecule has 0 bridgehead atoms. The monoisotopic (exact) mass is 365 g/mol. The van der Waals surface area contributed by atoms with E-state index in [-0.39, 0.29) is 5.91 Å². The van der Waals surface area contributed by atoms with Gasteiger partial charge in [0, 0.05) is 37.2 Å². The molecule has 2 saturated heterocycles. The molecule has 1 saturated carbocycles. The van der Waals surface area contributed by atoms with Crippen molar-refractivity contribution in [3.8, 4) is 0 Å². The summed E-state index contributed by atoms with van der Waals surface area (Å²) < 4.78 is 5.42. The average molecular weight is 365 g/mol. The molecule has 1 aromatic carbocycles. The molecule has 0 unspecified atom stereocenters. The van der Waals surface area contributed by atoms with Crippen LogP contribution in [0.1, 0.15) is 66.3 Å². The van der Waals surface area contributed by atoms with Crippen molar-refractivity contribution in [3.05, 3.63) is 53.4 Å². The number of amides is 1. The van der Waals surface area contributed by atoms with E-state index in [1.54, 1.807) is 0 Å². The third-order valence-corrected chi connectivity index (χ3v) is 6.37. The smallest absolute Gasteiger partial charge is 0.276 e. The molecule has 1 amide bonds. The van der Waals surface area contributed by atoms with E-state index < -0.39 is 0 Å². The maximum Gasteiger partial charge on any atom is 0.276 e. The molecule has 1 aromatic heterocycles. The summed E-state index contributed by atoms with van der Waals surface area (Å²) in [4.78, 5) is 17.8. The first-order valence-electron chi connectivity index (χ1n) is 10.3. The minimum Gasteiger partial charge on any atom is -0.360 e. The highest BCUT2D eigenvalue weighted by Gasteiger charge is 2.41. The number of nitrogens with zero attached hydrogens (tertiary/aromatic N) is 3. The molecule has 142 valence electrons. The lowest BCUT2D eigenvalue weighted by atomic mass is 10.0. The van der Waals surface area contributed by atoms with Crippen molar-refractivity contribution in [2.75, 3.05) is 13.1 Å². The van der Waals surface area contributed by atoms with E-state index in [9.17, 15) is 4.79 Å². The van der Waals surface area contributed by atoms with Gasteiger partial charge in [0.1, 0.15) is 5.76 Å². The van der Waals surface area contributed by atoms with E-state index >= 15 is 0 Å². The molecule has 1 aliphatic carbocycles. The van der Waals surface area contributed by atoms with Crippen molar-refractivity contribution in [1.29, 1.82) is 0 Å². The second-order valence-corrected chi connectivity index (χ2v) is 8.26. The van der Waals surface area contributed by atoms with Gasteiger partial charge in [-0.1, -0.05) is 35.5 Å². The van der Waals surface area contributed by atoms with Crippen molar-refractivity contribution < 1.29 is 9.32 Å². The Morgan fingerprint density at radius 3 is 2.63 bits per heavy atom. The predicted molar refractivity (Wildman–Crippen MR) is 102 cm³/mol. The molecule has 0 N–H and O–H groups in total. The first-order valence-corrected chi connectivity index (χ1v) is 10.3. The number of rotatable bonds is 5. The molecule has 3 aliphatic rings. The van der Waals surface area contributed by atoms with Gasteiger partial charge in [-0.2, -0.15) is 0 Å². The van der Waals surface area contributed by atoms with Gasteiger partial charge < -0.3 is 9.42 Å². The minimum atomic E-state index is 0.0553. The minimum absolute atomic E-state index is 0.0553. The highest BCUT2D eigenvalue weighted by molar-refractivity contribution is 5.92. The topological polar surface area (TPSA) is 49.6 Å². The first kappa shape index (κ1) is 17.0. The van der Waals surface area contributed by atoms with Crippen LogP contribution < -0.4 is 0 Å². The zero-order chi connectivity index (χ0) is 18.2. The molecule has 5 nitrogen and oxygen atoms in total. The summed E-state index contributed by atoms with van der Waals surface area (Å²) in [6.45, 7) is 2.93. The summed E-state index contributed by atoms with van der Waals surface area (Å²) in [5.74, 6) is 1.44. The Balaban J connectivity index is 1.31. The normalized spacial score (nSPS) is 26.0. The summed E-state index contributed by atoms with van der Waals surface area (Å²) in [6, 6.07) is 13.3. The van der Waals surface area contributed by atoms with Gasteiger partial charge in [0.25, 0.3) is 5.91 Å². The third kappa shape index (κ3) is 3.41. The van der Waals surface area contributed by atoms with Crippen LogP contribution in [-0.2, 0) is 6.54 Å². The Morgan fingerprint density at radius 1 is 1.04 bits per heavy atom. The molecule has 5 rings (SSSR count). The lowest BCUT2D eigenvalue weighted by molar-refractivity contribution is 0.0629. The highest BCUT2D eigenvalue weighted by atomic mass is 16.5. The third-order valence-electron chi connectivity index (χ3n) is 6.37. The van der Waals surface area contributed by atoms with Crippen LogP contribution in [0.5, 0.6) is 0 Å². The van der Waals surface area contributed by atoms with E-state index in [0.717, 1.165) is 51.1 Å². The Labute approximate surface area is 160 Å². The summed E-state index contributed by atoms with van der Waals surface area (Å²) in [5, 5.41) is 4.09. The van der Waals surface area contributed by atoms with Gasteiger partial charge in [-0.05, 0) is 50.6 Å². The molecule has 5 heteroatoms. The molecule has 0 radical (unpaired) electrons. The van der Waals surface area contributed by atoms with Gasteiger partial charge in [-0.3, -0.25) is 9.69 Å². The van der Waals surface area contributed by atoms with Gasteiger partial charge in [0.2, 0.25) is 0 Å². The summed E-state index contributed by atoms with van der Waals surface area (Å²) in [5.41, 5.74) is 1.85. The Morgan fingerprint density at radius 2 is 1.81 bits per heavy atom. The number of hydrogen-bond acceptors (Lipinski definition) is 4. The first-order chi connectivity index (χ1) is 13.3. The second kappa shape index (κ2) is 7.12. The van der Waals surface area contributed by atoms with Crippen molar-refractivity contribution in [2.24, 2.45) is 0 Å². The summed E-state index contributed by atoms with van der Waals surface area (Å²) in [6.07, 6.45) is 6.88. The molecule has 2 aromatic rings. The molecule has 3 heterocycles. The summed E-state index contributed by atoms with van der Waals surface area (Å²) in [7, 11) is 0. The number of aromatic nitrogens is 1. The van der Waals surface area contributed by atoms with Crippen molar-refractivity contribution in [1.82, 2.24) is 15.0 Å². The van der Waals surface area contributed by atoms with E-state index in [1.165, 1.54) is 18.4 Å². The number of carbonyl (C=O) groups is 1. The van der Waals surface area contributed by atoms with E-state index in [2.05, 4.69) is 45.3 Å². The maximum absolute atomic E-state index is 13.1. The van der Waals surface area contributed by atoms with Gasteiger partial charge >= 0.3 is 0 Å². The molecule has 2 atom stereocenters. The second-order valence-electron chi connectivity index (χ2n) is 8.26. The van der Waals surface area contributed by atoms with E-state index in [0.29, 0.717) is 23.7 Å². The molecule has 3 fully saturated rings. The molecular weight excluding hydrogens is 338 g/mol. The highest BCUT2D eigenvalue weighted by Crippen LogP contribution is 2.40. The van der Waals surface area contributed by atoms with Crippen molar-refractivity contribution in [2.45, 2.75) is 63.1 Å². The van der Waals surface area contributed by atoms with E-state index in [4.69, 9.17) is 4.52 Å². The van der Waals surface area contributed by atoms with Gasteiger partial charge in [0.05, 0.1) is 0 Å². The lowest BCUT2D eigenvalue weighted by Gasteiger charge is -2.34. The molecular formula is C22H27N3O2. The zero-order valence-electron chi connectivity index (χ0n) is 15.7. The van der Waals surface area contributed by atoms with E-state index in [1.807, 2.05) is 6.07 Å². The van der Waals surface area contributed by atoms with Crippen LogP contribution in [-0.4, -0.2) is 46.0 Å². The van der Waals surface area contributed by atoms with Gasteiger partial charge in [-0.15, -0.1) is 0 Å². The average Bonchev–Trinajstić information content (AvgIpc) is 3.11. The fraction of sp³-hybridized carbons (Fsp3) is 0.545. The maximum atomic E-state index is 13.1. The van der Waals surface area contributed by atoms with Crippen LogP contribution >= 0.6 is 0 Å². The van der Waals surface area contributed by atoms with Crippen LogP contribution in [0.3, 0.4) is 0 Å². The number of hydrogen-bond donors (Lipinski definition) is 0. The van der Waals surface area contributed by atoms with Crippen LogP contribution in [0.25, 0.3) is 0 Å². The molecule has 27 heavy (non-hydrogen) atoms. The van der Waals surface area contributed by atoms with Crippen molar-refractivity contribution >= 4 is 5.91 Å². The van der Waals surface area contributed by atoms with Crippen molar-refractivity contribution in [3.63, 3.8) is 0 Å². The molecule has 0 spiro atoms. The van der Waals surface area contributed by atoms with Crippen LogP contribution in [0.4, 0.5) is 0 Å². The number of benzene rings is 1. The SMILES string of the molecule is O=C(c1cc(C2CC2)on1)N1CCC[C@H]1[C@@H]1CCCN1Cc1ccccc1. The fourth-order valence-corrected chi connectivity index (χ4v) is 4.84. The quantitative estimate of drug-likeness (QED) is 0.808. The van der Waals surface area contributed by atoms with Gasteiger partial charge in [0.15, 0.2) is 5.69 Å². The van der Waals surface area contributed by atoms with Crippen LogP contribution in [0.15, 0.2) is 40.9 Å². The predicted octanol–water partition coefficient (Wildman–Crippen LogP) is 3.82. The Bertz CT molecular complexity index is 799. The van der Waals surface area contributed by atoms with Crippen LogP contribution in [0.2, 0.25) is 0 Å². The standard InChI is InChI=1S/C22H27N3O2/c26-22(18-14-21(27-23-18)17-10-11-17)25-13-5-9-20(25)19-8-4-12-24(19)15-16-6-2-1-3-7-16/h1-3,6-7,14,17,19-20H,4-5,8-13,15H2/t19-,20-/m0/s1.